The fourth-order valence-electron chi connectivity index (χ4n) is 1.10. The molecule has 0 heterocycles. The molecule has 0 saturated heterocycles. The Bertz CT molecular complexity index is 300. The Hall–Kier alpha value is -0.730. The van der Waals surface area contributed by atoms with Gasteiger partial charge in [-0.05, 0) is 12.0 Å². The van der Waals surface area contributed by atoms with Crippen LogP contribution in [0.15, 0.2) is 30.3 Å². The van der Waals surface area contributed by atoms with Crippen LogP contribution in [-0.4, -0.2) is 21.8 Å². The van der Waals surface area contributed by atoms with Gasteiger partial charge in [-0.25, -0.2) is 0 Å². The van der Waals surface area contributed by atoms with Gasteiger partial charge in [-0.1, -0.05) is 30.3 Å². The van der Waals surface area contributed by atoms with E-state index in [2.05, 4.69) is 0 Å². The van der Waals surface area contributed by atoms with E-state index >= 15 is 0 Å². The Morgan fingerprint density at radius 1 is 1.29 bits per heavy atom. The van der Waals surface area contributed by atoms with Crippen LogP contribution >= 0.6 is 23.2 Å². The quantitative estimate of drug-likeness (QED) is 0.811. The number of carbonyl (C=O) groups is 1. The number of hydrogen-bond acceptors (Lipinski definition) is 1. The SMILES string of the molecule is O=C(O)C(Cl)C(Cl)Cc1ccccc1. The van der Waals surface area contributed by atoms with Crippen LogP contribution in [0.25, 0.3) is 0 Å². The molecule has 4 heteroatoms. The minimum Gasteiger partial charge on any atom is -0.480 e. The Labute approximate surface area is 92.5 Å². The van der Waals surface area contributed by atoms with Crippen LogP contribution in [0.3, 0.4) is 0 Å². The molecule has 0 aliphatic rings. The molecule has 0 saturated carbocycles. The summed E-state index contributed by atoms with van der Waals surface area (Å²) in [5, 5.41) is 6.98. The molecule has 0 fully saturated rings. The molecular weight excluding hydrogens is 223 g/mol. The maximum absolute atomic E-state index is 10.5. The monoisotopic (exact) mass is 232 g/mol. The summed E-state index contributed by atoms with van der Waals surface area (Å²) in [4.78, 5) is 10.5. The average Bonchev–Trinajstić information content (AvgIpc) is 2.18. The van der Waals surface area contributed by atoms with E-state index in [4.69, 9.17) is 28.3 Å². The van der Waals surface area contributed by atoms with Gasteiger partial charge in [-0.15, -0.1) is 23.2 Å². The molecule has 0 bridgehead atoms. The largest absolute Gasteiger partial charge is 0.480 e. The van der Waals surface area contributed by atoms with Crippen LogP contribution in [0.1, 0.15) is 5.56 Å². The Kier molecular flexibility index (Phi) is 4.23. The summed E-state index contributed by atoms with van der Waals surface area (Å²) in [7, 11) is 0. The standard InChI is InChI=1S/C10H10Cl2O2/c11-8(9(12)10(13)14)6-7-4-2-1-3-5-7/h1-5,8-9H,6H2,(H,13,14). The van der Waals surface area contributed by atoms with E-state index < -0.39 is 16.7 Å². The molecule has 1 rings (SSSR count). The molecule has 76 valence electrons. The van der Waals surface area contributed by atoms with E-state index in [-0.39, 0.29) is 0 Å². The Balaban J connectivity index is 2.57. The van der Waals surface area contributed by atoms with Crippen molar-refractivity contribution in [1.82, 2.24) is 0 Å². The van der Waals surface area contributed by atoms with Crippen molar-refractivity contribution in [3.63, 3.8) is 0 Å². The number of hydrogen-bond donors (Lipinski definition) is 1. The van der Waals surface area contributed by atoms with Crippen molar-refractivity contribution in [3.8, 4) is 0 Å². The molecule has 0 aromatic heterocycles. The van der Waals surface area contributed by atoms with Crippen molar-refractivity contribution in [2.75, 3.05) is 0 Å². The second-order valence-corrected chi connectivity index (χ2v) is 3.98. The molecule has 1 aromatic rings. The van der Waals surface area contributed by atoms with E-state index in [1.165, 1.54) is 0 Å². The van der Waals surface area contributed by atoms with Crippen LogP contribution in [0.5, 0.6) is 0 Å². The van der Waals surface area contributed by atoms with Gasteiger partial charge in [0, 0.05) is 0 Å². The lowest BCUT2D eigenvalue weighted by molar-refractivity contribution is -0.136. The van der Waals surface area contributed by atoms with E-state index in [0.29, 0.717) is 6.42 Å². The lowest BCUT2D eigenvalue weighted by Gasteiger charge is -2.11. The van der Waals surface area contributed by atoms with Crippen LogP contribution in [0.2, 0.25) is 0 Å². The normalized spacial score (nSPS) is 14.7. The van der Waals surface area contributed by atoms with Crippen LogP contribution in [0.4, 0.5) is 0 Å². The molecule has 1 aromatic carbocycles. The average molecular weight is 233 g/mol. The molecule has 2 nitrogen and oxygen atoms in total. The van der Waals surface area contributed by atoms with E-state index in [1.807, 2.05) is 30.3 Å². The van der Waals surface area contributed by atoms with Crippen molar-refractivity contribution < 1.29 is 9.90 Å². The third-order valence-electron chi connectivity index (χ3n) is 1.83. The first-order chi connectivity index (χ1) is 6.61. The topological polar surface area (TPSA) is 37.3 Å². The van der Waals surface area contributed by atoms with Crippen molar-refractivity contribution in [1.29, 1.82) is 0 Å². The number of carboxylic acid groups (broad SMARTS) is 1. The van der Waals surface area contributed by atoms with Crippen LogP contribution < -0.4 is 0 Å². The van der Waals surface area contributed by atoms with Gasteiger partial charge in [0.1, 0.15) is 5.38 Å². The molecule has 0 aliphatic heterocycles. The van der Waals surface area contributed by atoms with Crippen LogP contribution in [-0.2, 0) is 11.2 Å². The number of alkyl halides is 2. The molecule has 2 unspecified atom stereocenters. The number of aliphatic carboxylic acids is 1. The summed E-state index contributed by atoms with van der Waals surface area (Å²) >= 11 is 11.4. The van der Waals surface area contributed by atoms with E-state index in [1.54, 1.807) is 0 Å². The summed E-state index contributed by atoms with van der Waals surface area (Å²) < 4.78 is 0. The predicted octanol–water partition coefficient (Wildman–Crippen LogP) is 2.53. The van der Waals surface area contributed by atoms with Gasteiger partial charge in [0.15, 0.2) is 0 Å². The molecule has 0 aliphatic carbocycles. The first-order valence-electron chi connectivity index (χ1n) is 4.16. The predicted molar refractivity (Wildman–Crippen MR) is 57.1 cm³/mol. The van der Waals surface area contributed by atoms with Gasteiger partial charge < -0.3 is 5.11 Å². The van der Waals surface area contributed by atoms with Gasteiger partial charge in [0.25, 0.3) is 0 Å². The van der Waals surface area contributed by atoms with Crippen molar-refractivity contribution in [3.05, 3.63) is 35.9 Å². The van der Waals surface area contributed by atoms with Crippen molar-refractivity contribution in [2.45, 2.75) is 17.2 Å². The molecule has 1 N–H and O–H groups in total. The summed E-state index contributed by atoms with van der Waals surface area (Å²) in [6.45, 7) is 0. The van der Waals surface area contributed by atoms with E-state index in [0.717, 1.165) is 5.56 Å². The highest BCUT2D eigenvalue weighted by Crippen LogP contribution is 2.16. The lowest BCUT2D eigenvalue weighted by atomic mass is 10.1. The maximum Gasteiger partial charge on any atom is 0.323 e. The third kappa shape index (κ3) is 3.20. The summed E-state index contributed by atoms with van der Waals surface area (Å²) in [5.74, 6) is -1.08. The number of halogens is 2. The minimum atomic E-state index is -1.08. The highest BCUT2D eigenvalue weighted by molar-refractivity contribution is 6.36. The fourth-order valence-corrected chi connectivity index (χ4v) is 1.47. The second kappa shape index (κ2) is 5.23. The smallest absolute Gasteiger partial charge is 0.323 e. The maximum atomic E-state index is 10.5. The van der Waals surface area contributed by atoms with E-state index in [9.17, 15) is 4.79 Å². The molecular formula is C10H10Cl2O2. The highest BCUT2D eigenvalue weighted by atomic mass is 35.5. The molecule has 0 spiro atoms. The zero-order chi connectivity index (χ0) is 10.6. The van der Waals surface area contributed by atoms with Gasteiger partial charge in [0.05, 0.1) is 5.38 Å². The lowest BCUT2D eigenvalue weighted by Crippen LogP contribution is -2.26. The van der Waals surface area contributed by atoms with Crippen molar-refractivity contribution >= 4 is 29.2 Å². The van der Waals surface area contributed by atoms with Gasteiger partial charge in [-0.3, -0.25) is 4.79 Å². The number of carboxylic acids is 1. The fraction of sp³-hybridized carbons (Fsp3) is 0.300. The molecule has 0 radical (unpaired) electrons. The molecule has 0 amide bonds. The summed E-state index contributed by atoms with van der Waals surface area (Å²) in [5.41, 5.74) is 0.986. The zero-order valence-corrected chi connectivity index (χ0v) is 8.87. The summed E-state index contributed by atoms with van der Waals surface area (Å²) in [6.07, 6.45) is 0.461. The zero-order valence-electron chi connectivity index (χ0n) is 7.36. The second-order valence-electron chi connectivity index (χ2n) is 2.95. The molecule has 14 heavy (non-hydrogen) atoms. The van der Waals surface area contributed by atoms with Crippen molar-refractivity contribution in [2.24, 2.45) is 0 Å². The Morgan fingerprint density at radius 3 is 2.36 bits per heavy atom. The Morgan fingerprint density at radius 2 is 1.86 bits per heavy atom. The van der Waals surface area contributed by atoms with Gasteiger partial charge in [0.2, 0.25) is 0 Å². The highest BCUT2D eigenvalue weighted by Gasteiger charge is 2.23. The first kappa shape index (κ1) is 11.3. The third-order valence-corrected chi connectivity index (χ3v) is 2.85. The molecule has 2 atom stereocenters. The van der Waals surface area contributed by atoms with Gasteiger partial charge >= 0.3 is 5.97 Å². The number of rotatable bonds is 4. The summed E-state index contributed by atoms with van der Waals surface area (Å²) in [6, 6.07) is 9.43. The van der Waals surface area contributed by atoms with Gasteiger partial charge in [-0.2, -0.15) is 0 Å². The van der Waals surface area contributed by atoms with Crippen LogP contribution in [0, 0.1) is 0 Å². The number of benzene rings is 1. The first-order valence-corrected chi connectivity index (χ1v) is 5.03. The minimum absolute atomic E-state index is 0.461.